The summed E-state index contributed by atoms with van der Waals surface area (Å²) in [6, 6.07) is 3.76. The Bertz CT molecular complexity index is 698. The third-order valence-electron chi connectivity index (χ3n) is 2.83. The van der Waals surface area contributed by atoms with Crippen LogP contribution in [-0.4, -0.2) is 44.4 Å². The van der Waals surface area contributed by atoms with Crippen molar-refractivity contribution in [3.63, 3.8) is 0 Å². The summed E-state index contributed by atoms with van der Waals surface area (Å²) in [7, 11) is 0. The van der Waals surface area contributed by atoms with Crippen LogP contribution in [-0.2, 0) is 6.18 Å². The molecule has 0 spiro atoms. The molecule has 1 heterocycles. The summed E-state index contributed by atoms with van der Waals surface area (Å²) in [5.41, 5.74) is -0.717. The summed E-state index contributed by atoms with van der Waals surface area (Å²) in [4.78, 5) is 11.4. The highest BCUT2D eigenvalue weighted by molar-refractivity contribution is 6.28. The number of hydrogen-bond acceptors (Lipinski definition) is 7. The maximum absolute atomic E-state index is 12.7. The van der Waals surface area contributed by atoms with Gasteiger partial charge in [-0.3, -0.25) is 0 Å². The minimum Gasteiger partial charge on any atom is -0.394 e. The minimum absolute atomic E-state index is 0.0439. The molecule has 2 aromatic rings. The topological polar surface area (TPSA) is 103 Å². The van der Waals surface area contributed by atoms with Crippen LogP contribution in [0, 0.1) is 0 Å². The molecule has 2 rings (SSSR count). The molecule has 4 N–H and O–H groups in total. The number of rotatable bonds is 6. The smallest absolute Gasteiger partial charge is 0.394 e. The summed E-state index contributed by atoms with van der Waals surface area (Å²) in [5.74, 6) is -0.135. The lowest BCUT2D eigenvalue weighted by molar-refractivity contribution is -0.137. The van der Waals surface area contributed by atoms with Gasteiger partial charge in [-0.2, -0.15) is 28.1 Å². The predicted molar refractivity (Wildman–Crippen MR) is 81.1 cm³/mol. The summed E-state index contributed by atoms with van der Waals surface area (Å²) < 4.78 is 38.1. The van der Waals surface area contributed by atoms with E-state index in [-0.39, 0.29) is 36.1 Å². The lowest BCUT2D eigenvalue weighted by Crippen LogP contribution is -2.28. The number of hydrogen-bond donors (Lipinski definition) is 4. The summed E-state index contributed by atoms with van der Waals surface area (Å²) >= 11 is 5.74. The zero-order valence-electron chi connectivity index (χ0n) is 12.0. The second-order valence-electron chi connectivity index (χ2n) is 4.66. The van der Waals surface area contributed by atoms with E-state index in [9.17, 15) is 13.2 Å². The Morgan fingerprint density at radius 1 is 1.08 bits per heavy atom. The molecule has 0 aliphatic carbocycles. The molecule has 0 aliphatic heterocycles. The fourth-order valence-electron chi connectivity index (χ4n) is 1.70. The van der Waals surface area contributed by atoms with Gasteiger partial charge >= 0.3 is 6.18 Å². The van der Waals surface area contributed by atoms with Crippen molar-refractivity contribution in [2.24, 2.45) is 0 Å². The van der Waals surface area contributed by atoms with Crippen molar-refractivity contribution >= 4 is 29.2 Å². The Labute approximate surface area is 139 Å². The van der Waals surface area contributed by atoms with Gasteiger partial charge in [-0.05, 0) is 29.8 Å². The molecule has 0 aliphatic rings. The largest absolute Gasteiger partial charge is 0.416 e. The first-order valence-electron chi connectivity index (χ1n) is 6.66. The molecule has 0 bridgehead atoms. The average Bonchev–Trinajstić information content (AvgIpc) is 2.51. The highest BCUT2D eigenvalue weighted by atomic mass is 35.5. The van der Waals surface area contributed by atoms with E-state index in [0.29, 0.717) is 0 Å². The van der Waals surface area contributed by atoms with E-state index < -0.39 is 17.8 Å². The summed E-state index contributed by atoms with van der Waals surface area (Å²) in [5, 5.41) is 23.0. The van der Waals surface area contributed by atoms with E-state index in [1.165, 1.54) is 12.1 Å². The Kier molecular flexibility index (Phi) is 5.75. The number of aromatic nitrogens is 3. The molecule has 1 aromatic heterocycles. The molecule has 24 heavy (non-hydrogen) atoms. The third kappa shape index (κ3) is 4.91. The first kappa shape index (κ1) is 18.2. The van der Waals surface area contributed by atoms with Gasteiger partial charge < -0.3 is 20.8 Å². The first-order valence-corrected chi connectivity index (χ1v) is 7.03. The Hall–Kier alpha value is -2.17. The van der Waals surface area contributed by atoms with Crippen LogP contribution in [0.5, 0.6) is 0 Å². The normalized spacial score (nSPS) is 11.6. The van der Waals surface area contributed by atoms with Gasteiger partial charge in [0, 0.05) is 5.69 Å². The van der Waals surface area contributed by atoms with E-state index in [0.717, 1.165) is 12.1 Å². The van der Waals surface area contributed by atoms with Crippen LogP contribution in [0.3, 0.4) is 0 Å². The van der Waals surface area contributed by atoms with Crippen molar-refractivity contribution in [1.29, 1.82) is 0 Å². The number of aliphatic hydroxyl groups is 2. The molecular formula is C13H13ClF3N5O2. The van der Waals surface area contributed by atoms with Crippen LogP contribution >= 0.6 is 11.6 Å². The molecular weight excluding hydrogens is 351 g/mol. The summed E-state index contributed by atoms with van der Waals surface area (Å²) in [6.45, 7) is -0.758. The fourth-order valence-corrected chi connectivity index (χ4v) is 1.86. The van der Waals surface area contributed by atoms with Crippen molar-refractivity contribution < 1.29 is 23.4 Å². The maximum atomic E-state index is 12.7. The van der Waals surface area contributed by atoms with Gasteiger partial charge in [0.2, 0.25) is 17.2 Å². The Morgan fingerprint density at radius 3 is 2.38 bits per heavy atom. The summed E-state index contributed by atoms with van der Waals surface area (Å²) in [6.07, 6.45) is -4.48. The van der Waals surface area contributed by atoms with Gasteiger partial charge in [-0.25, -0.2) is 0 Å². The first-order chi connectivity index (χ1) is 11.3. The number of nitrogens with one attached hydrogen (secondary N) is 2. The van der Waals surface area contributed by atoms with Gasteiger partial charge in [-0.15, -0.1) is 0 Å². The zero-order chi connectivity index (χ0) is 17.7. The van der Waals surface area contributed by atoms with Crippen LogP contribution in [0.15, 0.2) is 24.3 Å². The van der Waals surface area contributed by atoms with Crippen molar-refractivity contribution in [1.82, 2.24) is 15.0 Å². The SMILES string of the molecule is OCC(CO)Nc1nc(Cl)nc(Nc2cccc(C(F)(F)F)c2)n1. The second kappa shape index (κ2) is 7.60. The van der Waals surface area contributed by atoms with Gasteiger partial charge in [0.1, 0.15) is 0 Å². The number of halogens is 4. The Morgan fingerprint density at radius 2 is 1.75 bits per heavy atom. The van der Waals surface area contributed by atoms with Crippen LogP contribution in [0.2, 0.25) is 5.28 Å². The van der Waals surface area contributed by atoms with Crippen molar-refractivity contribution in [2.75, 3.05) is 23.8 Å². The number of aliphatic hydroxyl groups excluding tert-OH is 2. The van der Waals surface area contributed by atoms with E-state index in [4.69, 9.17) is 21.8 Å². The van der Waals surface area contributed by atoms with Crippen LogP contribution in [0.4, 0.5) is 30.8 Å². The van der Waals surface area contributed by atoms with Crippen molar-refractivity contribution in [2.45, 2.75) is 12.2 Å². The van der Waals surface area contributed by atoms with E-state index in [1.54, 1.807) is 0 Å². The lowest BCUT2D eigenvalue weighted by atomic mass is 10.2. The van der Waals surface area contributed by atoms with E-state index >= 15 is 0 Å². The van der Waals surface area contributed by atoms with Crippen molar-refractivity contribution in [3.8, 4) is 0 Å². The molecule has 1 aromatic carbocycles. The predicted octanol–water partition coefficient (Wildman–Crippen LogP) is 2.05. The molecule has 7 nitrogen and oxygen atoms in total. The van der Waals surface area contributed by atoms with Gasteiger partial charge in [-0.1, -0.05) is 6.07 Å². The molecule has 0 amide bonds. The quantitative estimate of drug-likeness (QED) is 0.622. The fraction of sp³-hybridized carbons (Fsp3) is 0.308. The molecule has 0 atom stereocenters. The number of alkyl halides is 3. The second-order valence-corrected chi connectivity index (χ2v) is 5.00. The maximum Gasteiger partial charge on any atom is 0.416 e. The minimum atomic E-state index is -4.48. The molecule has 0 saturated carbocycles. The molecule has 0 radical (unpaired) electrons. The van der Waals surface area contributed by atoms with Crippen LogP contribution < -0.4 is 10.6 Å². The lowest BCUT2D eigenvalue weighted by Gasteiger charge is -2.14. The van der Waals surface area contributed by atoms with Gasteiger partial charge in [0.25, 0.3) is 0 Å². The van der Waals surface area contributed by atoms with Crippen LogP contribution in [0.1, 0.15) is 5.56 Å². The van der Waals surface area contributed by atoms with Crippen LogP contribution in [0.25, 0.3) is 0 Å². The standard InChI is InChI=1S/C13H13ClF3N5O2/c14-10-20-11(22-12(21-10)19-9(5-23)6-24)18-8-3-1-2-7(4-8)13(15,16)17/h1-4,9,23-24H,5-6H2,(H2,18,19,20,21,22). The molecule has 0 saturated heterocycles. The number of nitrogens with zero attached hydrogens (tertiary/aromatic N) is 3. The van der Waals surface area contributed by atoms with E-state index in [2.05, 4.69) is 25.6 Å². The van der Waals surface area contributed by atoms with Gasteiger partial charge in [0.05, 0.1) is 24.8 Å². The van der Waals surface area contributed by atoms with E-state index in [1.807, 2.05) is 0 Å². The Balaban J connectivity index is 2.22. The molecule has 0 fully saturated rings. The number of anilines is 3. The number of benzene rings is 1. The van der Waals surface area contributed by atoms with Gasteiger partial charge in [0.15, 0.2) is 0 Å². The van der Waals surface area contributed by atoms with Crippen molar-refractivity contribution in [3.05, 3.63) is 35.1 Å². The third-order valence-corrected chi connectivity index (χ3v) is 3.00. The monoisotopic (exact) mass is 363 g/mol. The average molecular weight is 364 g/mol. The highest BCUT2D eigenvalue weighted by Gasteiger charge is 2.30. The molecule has 0 unspecified atom stereocenters. The highest BCUT2D eigenvalue weighted by Crippen LogP contribution is 2.31. The zero-order valence-corrected chi connectivity index (χ0v) is 12.8. The molecule has 130 valence electrons. The molecule has 11 heteroatoms.